The Kier molecular flexibility index (Phi) is 10.8. The molecule has 2 aromatic rings. The number of halogens is 1. The number of aliphatic hydroxyl groups is 2. The molecule has 2 rings (SSSR count). The maximum atomic E-state index is 13.4. The first-order chi connectivity index (χ1) is 14.1. The van der Waals surface area contributed by atoms with Crippen molar-refractivity contribution in [3.63, 3.8) is 0 Å². The van der Waals surface area contributed by atoms with Gasteiger partial charge in [0.25, 0.3) is 0 Å². The molecule has 0 aliphatic rings. The Morgan fingerprint density at radius 2 is 1.77 bits per heavy atom. The summed E-state index contributed by atoms with van der Waals surface area (Å²) in [5.41, 5.74) is 2.72. The van der Waals surface area contributed by atoms with Crippen LogP contribution in [0.25, 0.3) is 17.3 Å². The molecule has 0 saturated carbocycles. The van der Waals surface area contributed by atoms with E-state index >= 15 is 0 Å². The second-order valence-corrected chi connectivity index (χ2v) is 7.64. The van der Waals surface area contributed by atoms with E-state index in [1.54, 1.807) is 23.1 Å². The van der Waals surface area contributed by atoms with Crippen LogP contribution < -0.4 is 4.90 Å². The summed E-state index contributed by atoms with van der Waals surface area (Å²) in [6.45, 7) is 3.97. The molecule has 1 aromatic carbocycles. The molecule has 0 aliphatic carbocycles. The van der Waals surface area contributed by atoms with Crippen LogP contribution in [0.2, 0.25) is 0 Å². The number of aliphatic hydroxyl groups excluding tert-OH is 2. The SMILES string of the molecule is CC(C)c1nc(N(C)C)nc(-c2ccc(F)cc2)c1/C=C/[C@@H](O)CC(O)CC(=O)O.[NaH]. The van der Waals surface area contributed by atoms with E-state index in [0.29, 0.717) is 22.8 Å². The van der Waals surface area contributed by atoms with Crippen LogP contribution in [0, 0.1) is 5.82 Å². The second kappa shape index (κ2) is 12.3. The number of rotatable bonds is 9. The molecule has 9 heteroatoms. The Bertz CT molecular complexity index is 904. The van der Waals surface area contributed by atoms with Crippen LogP contribution in [-0.4, -0.2) is 87.1 Å². The fraction of sp³-hybridized carbons (Fsp3) is 0.409. The van der Waals surface area contributed by atoms with E-state index in [1.165, 1.54) is 18.2 Å². The zero-order valence-electron chi connectivity index (χ0n) is 17.6. The number of carboxylic acids is 1. The van der Waals surface area contributed by atoms with Crippen LogP contribution in [0.1, 0.15) is 43.9 Å². The van der Waals surface area contributed by atoms with E-state index < -0.39 is 24.6 Å². The van der Waals surface area contributed by atoms with Crippen molar-refractivity contribution in [2.24, 2.45) is 0 Å². The van der Waals surface area contributed by atoms with Crippen LogP contribution in [0.4, 0.5) is 10.3 Å². The van der Waals surface area contributed by atoms with Crippen molar-refractivity contribution in [2.45, 2.75) is 44.8 Å². The summed E-state index contributed by atoms with van der Waals surface area (Å²) in [5, 5.41) is 28.7. The number of nitrogens with zero attached hydrogens (tertiary/aromatic N) is 3. The first kappa shape index (κ1) is 27.2. The van der Waals surface area contributed by atoms with Crippen molar-refractivity contribution in [3.8, 4) is 11.3 Å². The van der Waals surface area contributed by atoms with Crippen molar-refractivity contribution in [2.75, 3.05) is 19.0 Å². The maximum absolute atomic E-state index is 13.4. The third kappa shape index (κ3) is 7.97. The topological polar surface area (TPSA) is 107 Å². The molecule has 1 heterocycles. The van der Waals surface area contributed by atoms with Gasteiger partial charge >= 0.3 is 35.5 Å². The standard InChI is InChI=1S/C22H28FN3O4.Na.H/c1-13(2)20-18(10-9-16(27)11-17(28)12-19(29)30)21(25-22(24-20)26(3)4)14-5-7-15(23)8-6-14;;/h5-10,13,16-17,27-28H,11-12H2,1-4H3,(H,29,30);;/b10-9+;;/t16-,17?;;/m1../s1. The number of anilines is 1. The Labute approximate surface area is 204 Å². The van der Waals surface area contributed by atoms with Gasteiger partial charge in [0.15, 0.2) is 0 Å². The van der Waals surface area contributed by atoms with Crippen molar-refractivity contribution in [1.82, 2.24) is 9.97 Å². The van der Waals surface area contributed by atoms with E-state index in [4.69, 9.17) is 5.11 Å². The summed E-state index contributed by atoms with van der Waals surface area (Å²) >= 11 is 0. The number of aromatic nitrogens is 2. The molecule has 0 saturated heterocycles. The Morgan fingerprint density at radius 3 is 2.29 bits per heavy atom. The fourth-order valence-electron chi connectivity index (χ4n) is 2.96. The van der Waals surface area contributed by atoms with E-state index in [2.05, 4.69) is 9.97 Å². The summed E-state index contributed by atoms with van der Waals surface area (Å²) in [6, 6.07) is 5.97. The van der Waals surface area contributed by atoms with Gasteiger partial charge in [0, 0.05) is 31.6 Å². The van der Waals surface area contributed by atoms with Crippen LogP contribution >= 0.6 is 0 Å². The number of aliphatic carboxylic acids is 1. The summed E-state index contributed by atoms with van der Waals surface area (Å²) in [4.78, 5) is 21.7. The minimum absolute atomic E-state index is 0. The molecule has 0 aliphatic heterocycles. The molecule has 0 fully saturated rings. The van der Waals surface area contributed by atoms with E-state index in [-0.39, 0.29) is 47.7 Å². The number of benzene rings is 1. The monoisotopic (exact) mass is 441 g/mol. The zero-order valence-corrected chi connectivity index (χ0v) is 17.6. The molecule has 1 aromatic heterocycles. The van der Waals surface area contributed by atoms with E-state index in [9.17, 15) is 19.4 Å². The van der Waals surface area contributed by atoms with Gasteiger partial charge in [0.2, 0.25) is 5.95 Å². The number of hydrogen-bond donors (Lipinski definition) is 3. The average Bonchev–Trinajstić information content (AvgIpc) is 2.65. The van der Waals surface area contributed by atoms with E-state index in [1.807, 2.05) is 27.9 Å². The molecule has 0 spiro atoms. The van der Waals surface area contributed by atoms with Crippen molar-refractivity contribution in [3.05, 3.63) is 47.4 Å². The van der Waals surface area contributed by atoms with E-state index in [0.717, 1.165) is 5.69 Å². The first-order valence-electron chi connectivity index (χ1n) is 9.69. The molecule has 7 nitrogen and oxygen atoms in total. The molecule has 1 unspecified atom stereocenters. The van der Waals surface area contributed by atoms with Crippen LogP contribution in [0.5, 0.6) is 0 Å². The zero-order chi connectivity index (χ0) is 22.4. The summed E-state index contributed by atoms with van der Waals surface area (Å²) in [6.07, 6.45) is 0.403. The molecule has 0 radical (unpaired) electrons. The van der Waals surface area contributed by atoms with Crippen molar-refractivity contribution in [1.29, 1.82) is 0 Å². The molecule has 31 heavy (non-hydrogen) atoms. The Morgan fingerprint density at radius 1 is 1.16 bits per heavy atom. The number of carboxylic acid groups (broad SMARTS) is 1. The molecular weight excluding hydrogens is 412 g/mol. The van der Waals surface area contributed by atoms with Gasteiger partial charge in [-0.1, -0.05) is 26.0 Å². The van der Waals surface area contributed by atoms with Crippen LogP contribution in [0.3, 0.4) is 0 Å². The van der Waals surface area contributed by atoms with Crippen LogP contribution in [0.15, 0.2) is 30.3 Å². The molecule has 0 bridgehead atoms. The third-order valence-corrected chi connectivity index (χ3v) is 4.44. The molecular formula is C22H29FN3NaO4. The first-order valence-corrected chi connectivity index (χ1v) is 9.69. The minimum atomic E-state index is -1.16. The Balaban J connectivity index is 0.00000480. The van der Waals surface area contributed by atoms with Gasteiger partial charge in [-0.05, 0) is 30.2 Å². The van der Waals surface area contributed by atoms with Gasteiger partial charge < -0.3 is 20.2 Å². The summed E-state index contributed by atoms with van der Waals surface area (Å²) in [7, 11) is 3.66. The van der Waals surface area contributed by atoms with Crippen molar-refractivity contribution >= 4 is 47.6 Å². The average molecular weight is 441 g/mol. The van der Waals surface area contributed by atoms with Gasteiger partial charge in [-0.2, -0.15) is 0 Å². The summed E-state index contributed by atoms with van der Waals surface area (Å²) in [5.74, 6) is -0.940. The number of carbonyl (C=O) groups is 1. The van der Waals surface area contributed by atoms with Crippen molar-refractivity contribution < 1.29 is 24.5 Å². The second-order valence-electron chi connectivity index (χ2n) is 7.64. The molecule has 3 N–H and O–H groups in total. The molecule has 164 valence electrons. The number of hydrogen-bond acceptors (Lipinski definition) is 6. The summed E-state index contributed by atoms with van der Waals surface area (Å²) < 4.78 is 13.4. The predicted octanol–water partition coefficient (Wildman–Crippen LogP) is 2.42. The molecule has 2 atom stereocenters. The van der Waals surface area contributed by atoms with Gasteiger partial charge in [-0.15, -0.1) is 0 Å². The molecule has 0 amide bonds. The van der Waals surface area contributed by atoms with Gasteiger partial charge in [-0.25, -0.2) is 14.4 Å². The predicted molar refractivity (Wildman–Crippen MR) is 121 cm³/mol. The normalized spacial score (nSPS) is 13.2. The third-order valence-electron chi connectivity index (χ3n) is 4.44. The fourth-order valence-corrected chi connectivity index (χ4v) is 2.96. The van der Waals surface area contributed by atoms with Gasteiger partial charge in [0.05, 0.1) is 30.0 Å². The van der Waals surface area contributed by atoms with Gasteiger partial charge in [-0.3, -0.25) is 4.79 Å². The van der Waals surface area contributed by atoms with Crippen LogP contribution in [-0.2, 0) is 4.79 Å². The van der Waals surface area contributed by atoms with Gasteiger partial charge in [0.1, 0.15) is 5.82 Å². The Hall–Kier alpha value is -1.84. The quantitative estimate of drug-likeness (QED) is 0.513.